The highest BCUT2D eigenvalue weighted by Gasteiger charge is 2.31. The van der Waals surface area contributed by atoms with Crippen molar-refractivity contribution >= 4 is 10.8 Å². The summed E-state index contributed by atoms with van der Waals surface area (Å²) in [7, 11) is 0. The zero-order valence-corrected chi connectivity index (χ0v) is 14.9. The molecule has 128 valence electrons. The first-order valence-corrected chi connectivity index (χ1v) is 9.77. The highest BCUT2D eigenvalue weighted by Crippen LogP contribution is 2.41. The van der Waals surface area contributed by atoms with Crippen LogP contribution in [0, 0.1) is 12.8 Å². The maximum atomic E-state index is 3.53. The molecule has 1 heterocycles. The van der Waals surface area contributed by atoms with E-state index in [1.807, 2.05) is 0 Å². The van der Waals surface area contributed by atoms with Crippen molar-refractivity contribution in [3.8, 4) is 0 Å². The van der Waals surface area contributed by atoms with E-state index >= 15 is 0 Å². The van der Waals surface area contributed by atoms with Crippen LogP contribution in [0.25, 0.3) is 10.8 Å². The molecule has 2 fully saturated rings. The van der Waals surface area contributed by atoms with E-state index in [4.69, 9.17) is 0 Å². The van der Waals surface area contributed by atoms with Crippen LogP contribution in [0.5, 0.6) is 0 Å². The molecule has 2 aromatic rings. The Morgan fingerprint density at radius 3 is 2.38 bits per heavy atom. The number of benzene rings is 2. The van der Waals surface area contributed by atoms with Crippen molar-refractivity contribution in [2.24, 2.45) is 5.92 Å². The lowest BCUT2D eigenvalue weighted by Crippen LogP contribution is -2.47. The molecule has 1 N–H and O–H groups in total. The van der Waals surface area contributed by atoms with Crippen LogP contribution < -0.4 is 5.32 Å². The monoisotopic (exact) mass is 322 g/mol. The lowest BCUT2D eigenvalue weighted by Gasteiger charge is -2.41. The largest absolute Gasteiger partial charge is 0.314 e. The summed E-state index contributed by atoms with van der Waals surface area (Å²) in [6, 6.07) is 14.4. The van der Waals surface area contributed by atoms with E-state index < -0.39 is 0 Å². The Kier molecular flexibility index (Phi) is 4.86. The molecular weight excluding hydrogens is 292 g/mol. The van der Waals surface area contributed by atoms with Crippen molar-refractivity contribution in [2.75, 3.05) is 26.2 Å². The summed E-state index contributed by atoms with van der Waals surface area (Å²) < 4.78 is 0. The van der Waals surface area contributed by atoms with Gasteiger partial charge in [-0.2, -0.15) is 0 Å². The van der Waals surface area contributed by atoms with Crippen LogP contribution in [-0.2, 0) is 0 Å². The van der Waals surface area contributed by atoms with Gasteiger partial charge in [-0.05, 0) is 47.6 Å². The first-order chi connectivity index (χ1) is 11.8. The number of hydrogen-bond donors (Lipinski definition) is 1. The van der Waals surface area contributed by atoms with Crippen molar-refractivity contribution in [1.29, 1.82) is 0 Å². The Labute approximate surface area is 146 Å². The summed E-state index contributed by atoms with van der Waals surface area (Å²) >= 11 is 0. The Morgan fingerprint density at radius 2 is 1.62 bits per heavy atom. The molecule has 0 amide bonds. The molecule has 0 bridgehead atoms. The molecule has 2 aliphatic rings. The van der Waals surface area contributed by atoms with E-state index in [1.165, 1.54) is 61.5 Å². The van der Waals surface area contributed by atoms with Gasteiger partial charge in [-0.1, -0.05) is 55.7 Å². The zero-order valence-electron chi connectivity index (χ0n) is 14.9. The fraction of sp³-hybridized carbons (Fsp3) is 0.545. The average Bonchev–Trinajstić information content (AvgIpc) is 2.66. The second-order valence-corrected chi connectivity index (χ2v) is 7.65. The molecule has 2 aromatic carbocycles. The molecule has 0 aromatic heterocycles. The van der Waals surface area contributed by atoms with Crippen LogP contribution in [0.15, 0.2) is 36.4 Å². The van der Waals surface area contributed by atoms with Crippen molar-refractivity contribution in [1.82, 2.24) is 10.2 Å². The zero-order chi connectivity index (χ0) is 16.4. The van der Waals surface area contributed by atoms with Gasteiger partial charge >= 0.3 is 0 Å². The Morgan fingerprint density at radius 1 is 0.917 bits per heavy atom. The van der Waals surface area contributed by atoms with Crippen molar-refractivity contribution in [3.63, 3.8) is 0 Å². The van der Waals surface area contributed by atoms with E-state index in [2.05, 4.69) is 53.5 Å². The van der Waals surface area contributed by atoms with Crippen molar-refractivity contribution < 1.29 is 0 Å². The number of nitrogens with zero attached hydrogens (tertiary/aromatic N) is 1. The van der Waals surface area contributed by atoms with Gasteiger partial charge in [-0.15, -0.1) is 0 Å². The minimum absolute atomic E-state index is 0.595. The highest BCUT2D eigenvalue weighted by atomic mass is 15.2. The Balaban J connectivity index is 1.79. The SMILES string of the molecule is Cc1ccc([C@H](C2CCCCC2)N2CCNCC2)c2ccccc12. The van der Waals surface area contributed by atoms with Crippen LogP contribution in [-0.4, -0.2) is 31.1 Å². The summed E-state index contributed by atoms with van der Waals surface area (Å²) in [6.45, 7) is 6.87. The van der Waals surface area contributed by atoms with Gasteiger partial charge in [0.1, 0.15) is 0 Å². The number of piperazine rings is 1. The van der Waals surface area contributed by atoms with Gasteiger partial charge in [-0.25, -0.2) is 0 Å². The number of aryl methyl sites for hydroxylation is 1. The van der Waals surface area contributed by atoms with Crippen LogP contribution in [0.2, 0.25) is 0 Å². The molecule has 4 rings (SSSR count). The van der Waals surface area contributed by atoms with E-state index in [0.717, 1.165) is 19.0 Å². The number of nitrogens with one attached hydrogen (secondary N) is 1. The number of fused-ring (bicyclic) bond motifs is 1. The summed E-state index contributed by atoms with van der Waals surface area (Å²) in [6.07, 6.45) is 7.06. The van der Waals surface area contributed by atoms with Gasteiger partial charge < -0.3 is 5.32 Å². The molecule has 1 aliphatic heterocycles. The minimum atomic E-state index is 0.595. The fourth-order valence-corrected chi connectivity index (χ4v) is 4.89. The van der Waals surface area contributed by atoms with Gasteiger partial charge in [0.05, 0.1) is 0 Å². The maximum absolute atomic E-state index is 3.53. The molecule has 0 radical (unpaired) electrons. The summed E-state index contributed by atoms with van der Waals surface area (Å²) in [5.41, 5.74) is 2.97. The van der Waals surface area contributed by atoms with E-state index in [0.29, 0.717) is 6.04 Å². The lowest BCUT2D eigenvalue weighted by molar-refractivity contribution is 0.104. The molecule has 2 nitrogen and oxygen atoms in total. The lowest BCUT2D eigenvalue weighted by atomic mass is 9.78. The topological polar surface area (TPSA) is 15.3 Å². The summed E-state index contributed by atoms with van der Waals surface area (Å²) in [5, 5.41) is 6.44. The normalized spacial score (nSPS) is 21.9. The van der Waals surface area contributed by atoms with Crippen LogP contribution in [0.4, 0.5) is 0 Å². The van der Waals surface area contributed by atoms with Crippen molar-refractivity contribution in [2.45, 2.75) is 45.1 Å². The maximum Gasteiger partial charge on any atom is 0.0383 e. The van der Waals surface area contributed by atoms with E-state index in [9.17, 15) is 0 Å². The third kappa shape index (κ3) is 3.10. The molecule has 0 unspecified atom stereocenters. The first kappa shape index (κ1) is 16.1. The summed E-state index contributed by atoms with van der Waals surface area (Å²) in [4.78, 5) is 2.77. The Hall–Kier alpha value is -1.38. The average molecular weight is 322 g/mol. The third-order valence-electron chi connectivity index (χ3n) is 6.14. The molecule has 2 heteroatoms. The molecule has 1 saturated heterocycles. The van der Waals surface area contributed by atoms with Gasteiger partial charge in [0.15, 0.2) is 0 Å². The predicted molar refractivity (Wildman–Crippen MR) is 102 cm³/mol. The number of hydrogen-bond acceptors (Lipinski definition) is 2. The molecule has 24 heavy (non-hydrogen) atoms. The standard InChI is InChI=1S/C22H30N2/c1-17-11-12-21(20-10-6-5-9-19(17)20)22(18-7-3-2-4-8-18)24-15-13-23-14-16-24/h5-6,9-12,18,22-23H,2-4,7-8,13-16H2,1H3/t22-/m0/s1. The van der Waals surface area contributed by atoms with E-state index in [-0.39, 0.29) is 0 Å². The third-order valence-corrected chi connectivity index (χ3v) is 6.14. The quantitative estimate of drug-likeness (QED) is 0.883. The van der Waals surface area contributed by atoms with Crippen LogP contribution >= 0.6 is 0 Å². The highest BCUT2D eigenvalue weighted by molar-refractivity contribution is 5.89. The van der Waals surface area contributed by atoms with Crippen molar-refractivity contribution in [3.05, 3.63) is 47.5 Å². The Bertz CT molecular complexity index is 663. The van der Waals surface area contributed by atoms with E-state index in [1.54, 1.807) is 5.56 Å². The van der Waals surface area contributed by atoms with Crippen LogP contribution in [0.1, 0.15) is 49.3 Å². The van der Waals surface area contributed by atoms with Crippen LogP contribution in [0.3, 0.4) is 0 Å². The van der Waals surface area contributed by atoms with Gasteiger partial charge in [0, 0.05) is 32.2 Å². The van der Waals surface area contributed by atoms with Gasteiger partial charge in [0.2, 0.25) is 0 Å². The second-order valence-electron chi connectivity index (χ2n) is 7.65. The molecule has 1 saturated carbocycles. The summed E-state index contributed by atoms with van der Waals surface area (Å²) in [5.74, 6) is 0.822. The molecular formula is C22H30N2. The molecule has 0 spiro atoms. The number of rotatable bonds is 3. The predicted octanol–water partition coefficient (Wildman–Crippen LogP) is 4.67. The first-order valence-electron chi connectivity index (χ1n) is 9.77. The minimum Gasteiger partial charge on any atom is -0.314 e. The molecule has 1 atom stereocenters. The second kappa shape index (κ2) is 7.25. The van der Waals surface area contributed by atoms with Gasteiger partial charge in [-0.3, -0.25) is 4.90 Å². The van der Waals surface area contributed by atoms with Gasteiger partial charge in [0.25, 0.3) is 0 Å². The molecule has 1 aliphatic carbocycles. The smallest absolute Gasteiger partial charge is 0.0383 e. The fourth-order valence-electron chi connectivity index (χ4n) is 4.89.